The average Bonchev–Trinajstić information content (AvgIpc) is 2.84. The Hall–Kier alpha value is -3.00. The van der Waals surface area contributed by atoms with Crippen molar-refractivity contribution in [3.8, 4) is 22.4 Å². The lowest BCUT2D eigenvalue weighted by Gasteiger charge is -2.24. The Labute approximate surface area is 224 Å². The van der Waals surface area contributed by atoms with Crippen molar-refractivity contribution in [3.05, 3.63) is 82.0 Å². The summed E-state index contributed by atoms with van der Waals surface area (Å²) in [5, 5.41) is 0. The molecule has 0 N–H and O–H groups in total. The Morgan fingerprint density at radius 1 is 0.703 bits per heavy atom. The SMILES string of the molecule is Cc1cc(-c2c(C(C)C)cc(C(C)C)cc2C(C)C)cc(-c2cnc3c(C(C)C)cccc3[n+]2C)c1C. The molecule has 0 spiro atoms. The van der Waals surface area contributed by atoms with E-state index in [-0.39, 0.29) is 0 Å². The highest BCUT2D eigenvalue weighted by Gasteiger charge is 2.24. The highest BCUT2D eigenvalue weighted by molar-refractivity contribution is 5.81. The van der Waals surface area contributed by atoms with Crippen LogP contribution in [0, 0.1) is 13.8 Å². The quantitative estimate of drug-likeness (QED) is 0.244. The van der Waals surface area contributed by atoms with Crippen molar-refractivity contribution in [2.24, 2.45) is 7.05 Å². The number of nitrogens with zero attached hydrogens (tertiary/aromatic N) is 2. The molecule has 0 amide bonds. The molecule has 0 saturated heterocycles. The van der Waals surface area contributed by atoms with Gasteiger partial charge in [-0.3, -0.25) is 0 Å². The van der Waals surface area contributed by atoms with Crippen molar-refractivity contribution < 1.29 is 4.57 Å². The molecule has 0 aliphatic rings. The molecule has 0 aliphatic heterocycles. The molecule has 194 valence electrons. The molecule has 1 heterocycles. The summed E-state index contributed by atoms with van der Waals surface area (Å²) in [4.78, 5) is 5.01. The van der Waals surface area contributed by atoms with Gasteiger partial charge in [0.1, 0.15) is 18.8 Å². The Morgan fingerprint density at radius 3 is 1.84 bits per heavy atom. The zero-order valence-corrected chi connectivity index (χ0v) is 24.8. The van der Waals surface area contributed by atoms with E-state index in [1.807, 2.05) is 0 Å². The molecule has 2 nitrogen and oxygen atoms in total. The molecule has 0 saturated carbocycles. The largest absolute Gasteiger partial charge is 0.243 e. The van der Waals surface area contributed by atoms with Crippen molar-refractivity contribution >= 4 is 11.0 Å². The Bertz CT molecular complexity index is 1430. The van der Waals surface area contributed by atoms with E-state index in [2.05, 4.69) is 130 Å². The second-order valence-electron chi connectivity index (χ2n) is 12.1. The summed E-state index contributed by atoms with van der Waals surface area (Å²) in [7, 11) is 2.18. The molecular formula is C35H45N2+. The summed E-state index contributed by atoms with van der Waals surface area (Å²) in [6.45, 7) is 22.9. The van der Waals surface area contributed by atoms with Crippen molar-refractivity contribution in [2.75, 3.05) is 0 Å². The van der Waals surface area contributed by atoms with Gasteiger partial charge in [0.15, 0.2) is 0 Å². The van der Waals surface area contributed by atoms with Crippen molar-refractivity contribution in [1.29, 1.82) is 0 Å². The van der Waals surface area contributed by atoms with Crippen LogP contribution in [0.25, 0.3) is 33.4 Å². The molecule has 0 fully saturated rings. The Kier molecular flexibility index (Phi) is 7.60. The fourth-order valence-corrected chi connectivity index (χ4v) is 5.58. The van der Waals surface area contributed by atoms with Crippen LogP contribution in [0.5, 0.6) is 0 Å². The minimum absolute atomic E-state index is 0.437. The number of fused-ring (bicyclic) bond motifs is 1. The maximum Gasteiger partial charge on any atom is 0.231 e. The van der Waals surface area contributed by atoms with Gasteiger partial charge < -0.3 is 0 Å². The molecule has 4 rings (SSSR count). The van der Waals surface area contributed by atoms with Gasteiger partial charge in [0.2, 0.25) is 11.2 Å². The van der Waals surface area contributed by atoms with E-state index in [1.165, 1.54) is 55.6 Å². The van der Waals surface area contributed by atoms with E-state index < -0.39 is 0 Å². The van der Waals surface area contributed by atoms with Crippen LogP contribution in [0.1, 0.15) is 112 Å². The van der Waals surface area contributed by atoms with Gasteiger partial charge in [0, 0.05) is 6.07 Å². The maximum absolute atomic E-state index is 5.01. The molecule has 0 unspecified atom stereocenters. The number of benzene rings is 3. The van der Waals surface area contributed by atoms with E-state index in [0.29, 0.717) is 23.7 Å². The summed E-state index contributed by atoms with van der Waals surface area (Å²) in [5.41, 5.74) is 15.7. The van der Waals surface area contributed by atoms with Gasteiger partial charge in [-0.2, -0.15) is 4.57 Å². The maximum atomic E-state index is 5.01. The van der Waals surface area contributed by atoms with Crippen LogP contribution in [0.4, 0.5) is 0 Å². The zero-order chi connectivity index (χ0) is 27.2. The summed E-state index contributed by atoms with van der Waals surface area (Å²) in [5.74, 6) is 1.85. The first-order valence-electron chi connectivity index (χ1n) is 14.0. The minimum atomic E-state index is 0.437. The third kappa shape index (κ3) is 4.96. The predicted octanol–water partition coefficient (Wildman–Crippen LogP) is 9.50. The van der Waals surface area contributed by atoms with Crippen LogP contribution in [0.2, 0.25) is 0 Å². The molecule has 4 aromatic rings. The monoisotopic (exact) mass is 493 g/mol. The van der Waals surface area contributed by atoms with Gasteiger partial charge in [-0.05, 0) is 88.1 Å². The van der Waals surface area contributed by atoms with Crippen molar-refractivity contribution in [2.45, 2.75) is 92.9 Å². The normalized spacial score (nSPS) is 12.1. The van der Waals surface area contributed by atoms with Gasteiger partial charge in [-0.15, -0.1) is 0 Å². The van der Waals surface area contributed by atoms with Gasteiger partial charge in [-0.1, -0.05) is 85.7 Å². The van der Waals surface area contributed by atoms with Crippen LogP contribution in [-0.2, 0) is 7.05 Å². The lowest BCUT2D eigenvalue weighted by Crippen LogP contribution is -2.33. The van der Waals surface area contributed by atoms with E-state index in [9.17, 15) is 0 Å². The van der Waals surface area contributed by atoms with Gasteiger partial charge in [0.05, 0.1) is 5.56 Å². The fraction of sp³-hybridized carbons (Fsp3) is 0.429. The number of rotatable bonds is 6. The second-order valence-corrected chi connectivity index (χ2v) is 12.1. The molecule has 0 atom stereocenters. The lowest BCUT2D eigenvalue weighted by molar-refractivity contribution is -0.634. The standard InChI is InChI=1S/C35H45N2/c1-20(2)26-16-29(22(5)6)34(30(17-26)23(7)8)27-15-24(9)25(10)31(18-27)33-19-36-35-28(21(3)4)13-12-14-32(35)37(33)11/h12-23H,1-11H3/q+1. The summed E-state index contributed by atoms with van der Waals surface area (Å²) >= 11 is 0. The van der Waals surface area contributed by atoms with Crippen LogP contribution in [-0.4, -0.2) is 4.98 Å². The van der Waals surface area contributed by atoms with Gasteiger partial charge >= 0.3 is 0 Å². The molecule has 1 aromatic heterocycles. The van der Waals surface area contributed by atoms with Crippen LogP contribution < -0.4 is 4.57 Å². The molecule has 3 aromatic carbocycles. The van der Waals surface area contributed by atoms with E-state index >= 15 is 0 Å². The van der Waals surface area contributed by atoms with Crippen LogP contribution in [0.3, 0.4) is 0 Å². The molecule has 37 heavy (non-hydrogen) atoms. The predicted molar refractivity (Wildman–Crippen MR) is 160 cm³/mol. The molecule has 0 radical (unpaired) electrons. The van der Waals surface area contributed by atoms with Crippen molar-refractivity contribution in [3.63, 3.8) is 0 Å². The highest BCUT2D eigenvalue weighted by Crippen LogP contribution is 2.41. The molecular weight excluding hydrogens is 448 g/mol. The smallest absolute Gasteiger partial charge is 0.231 e. The van der Waals surface area contributed by atoms with Gasteiger partial charge in [0.25, 0.3) is 0 Å². The topological polar surface area (TPSA) is 16.8 Å². The minimum Gasteiger partial charge on any atom is -0.243 e. The Balaban J connectivity index is 2.02. The molecule has 2 heteroatoms. The van der Waals surface area contributed by atoms with E-state index in [4.69, 9.17) is 4.98 Å². The third-order valence-electron chi connectivity index (χ3n) is 8.07. The number of hydrogen-bond donors (Lipinski definition) is 0. The Morgan fingerprint density at radius 2 is 1.30 bits per heavy atom. The summed E-state index contributed by atoms with van der Waals surface area (Å²) < 4.78 is 2.33. The summed E-state index contributed by atoms with van der Waals surface area (Å²) in [6, 6.07) is 16.3. The number of hydrogen-bond acceptors (Lipinski definition) is 1. The highest BCUT2D eigenvalue weighted by atomic mass is 15.0. The number of aryl methyl sites for hydroxylation is 2. The molecule has 0 aliphatic carbocycles. The fourth-order valence-electron chi connectivity index (χ4n) is 5.58. The lowest BCUT2D eigenvalue weighted by atomic mass is 9.80. The molecule has 0 bridgehead atoms. The van der Waals surface area contributed by atoms with Crippen LogP contribution in [0.15, 0.2) is 48.7 Å². The number of aromatic nitrogens is 2. The third-order valence-corrected chi connectivity index (χ3v) is 8.07. The average molecular weight is 494 g/mol. The van der Waals surface area contributed by atoms with E-state index in [1.54, 1.807) is 0 Å². The second kappa shape index (κ2) is 10.4. The first-order valence-corrected chi connectivity index (χ1v) is 14.0. The van der Waals surface area contributed by atoms with Crippen LogP contribution >= 0.6 is 0 Å². The zero-order valence-electron chi connectivity index (χ0n) is 24.8. The first-order chi connectivity index (χ1) is 17.4. The number of para-hydroxylation sites is 1. The first kappa shape index (κ1) is 27.0. The van der Waals surface area contributed by atoms with Gasteiger partial charge in [-0.25, -0.2) is 4.98 Å². The van der Waals surface area contributed by atoms with E-state index in [0.717, 1.165) is 11.2 Å². The summed E-state index contributed by atoms with van der Waals surface area (Å²) in [6.07, 6.45) is 2.08. The van der Waals surface area contributed by atoms with Crippen molar-refractivity contribution in [1.82, 2.24) is 4.98 Å².